The fourth-order valence-electron chi connectivity index (χ4n) is 1.57. The van der Waals surface area contributed by atoms with Gasteiger partial charge in [-0.3, -0.25) is 0 Å². The molecule has 0 amide bonds. The van der Waals surface area contributed by atoms with Crippen LogP contribution >= 0.6 is 0 Å². The van der Waals surface area contributed by atoms with Gasteiger partial charge in [-0.25, -0.2) is 4.79 Å². The second kappa shape index (κ2) is 5.76. The van der Waals surface area contributed by atoms with Crippen LogP contribution in [0.25, 0.3) is 0 Å². The number of ether oxygens (including phenoxy) is 2. The normalized spacial score (nSPS) is 9.60. The van der Waals surface area contributed by atoms with Crippen LogP contribution in [0.5, 0.6) is 17.2 Å². The zero-order valence-electron chi connectivity index (χ0n) is 10.7. The molecule has 0 heterocycles. The number of hydrogen-bond donors (Lipinski definition) is 1. The largest absolute Gasteiger partial charge is 0.507 e. The summed E-state index contributed by atoms with van der Waals surface area (Å²) in [5, 5.41) is 18.4. The Balaban J connectivity index is 2.17. The van der Waals surface area contributed by atoms with E-state index >= 15 is 0 Å². The number of rotatable bonds is 3. The first-order chi connectivity index (χ1) is 9.63. The molecule has 0 fully saturated rings. The topological polar surface area (TPSA) is 79.5 Å². The molecule has 5 heteroatoms. The summed E-state index contributed by atoms with van der Waals surface area (Å²) >= 11 is 0. The third kappa shape index (κ3) is 2.87. The minimum atomic E-state index is -0.685. The Morgan fingerprint density at radius 1 is 1.15 bits per heavy atom. The average Bonchev–Trinajstić information content (AvgIpc) is 2.47. The van der Waals surface area contributed by atoms with E-state index in [-0.39, 0.29) is 11.3 Å². The van der Waals surface area contributed by atoms with Crippen molar-refractivity contribution < 1.29 is 19.4 Å². The van der Waals surface area contributed by atoms with E-state index < -0.39 is 5.97 Å². The van der Waals surface area contributed by atoms with Crippen LogP contribution in [0.4, 0.5) is 0 Å². The maximum absolute atomic E-state index is 11.9. The molecule has 0 atom stereocenters. The molecule has 0 aromatic heterocycles. The maximum atomic E-state index is 11.9. The van der Waals surface area contributed by atoms with Gasteiger partial charge in [-0.2, -0.15) is 5.26 Å². The van der Waals surface area contributed by atoms with Crippen LogP contribution in [-0.4, -0.2) is 18.2 Å². The number of phenolic OH excluding ortho intramolecular Hbond substituents is 1. The number of hydrogen-bond acceptors (Lipinski definition) is 5. The number of aromatic hydroxyl groups is 1. The first-order valence-electron chi connectivity index (χ1n) is 5.73. The summed E-state index contributed by atoms with van der Waals surface area (Å²) in [5.41, 5.74) is 0.507. The molecule has 0 radical (unpaired) electrons. The Kier molecular flexibility index (Phi) is 3.87. The van der Waals surface area contributed by atoms with E-state index in [0.29, 0.717) is 17.1 Å². The van der Waals surface area contributed by atoms with Crippen LogP contribution in [0.3, 0.4) is 0 Å². The van der Waals surface area contributed by atoms with Crippen molar-refractivity contribution in [3.05, 3.63) is 53.6 Å². The molecule has 0 aliphatic rings. The van der Waals surface area contributed by atoms with Gasteiger partial charge in [-0.1, -0.05) is 0 Å². The van der Waals surface area contributed by atoms with Gasteiger partial charge >= 0.3 is 5.97 Å². The van der Waals surface area contributed by atoms with Crippen LogP contribution in [0, 0.1) is 11.3 Å². The van der Waals surface area contributed by atoms with Gasteiger partial charge in [-0.05, 0) is 36.4 Å². The molecule has 2 rings (SSSR count). The van der Waals surface area contributed by atoms with Crippen LogP contribution in [0.15, 0.2) is 42.5 Å². The summed E-state index contributed by atoms with van der Waals surface area (Å²) in [4.78, 5) is 11.9. The van der Waals surface area contributed by atoms with Gasteiger partial charge in [0, 0.05) is 6.07 Å². The molecule has 0 unspecified atom stereocenters. The predicted molar refractivity (Wildman–Crippen MR) is 70.8 cm³/mol. The summed E-state index contributed by atoms with van der Waals surface area (Å²) in [7, 11) is 1.46. The molecular weight excluding hydrogens is 258 g/mol. The van der Waals surface area contributed by atoms with Crippen molar-refractivity contribution in [2.24, 2.45) is 0 Å². The number of esters is 1. The highest BCUT2D eigenvalue weighted by Crippen LogP contribution is 2.24. The Hall–Kier alpha value is -3.00. The summed E-state index contributed by atoms with van der Waals surface area (Å²) < 4.78 is 10.0. The van der Waals surface area contributed by atoms with E-state index in [0.717, 1.165) is 0 Å². The lowest BCUT2D eigenvalue weighted by atomic mass is 10.2. The smallest absolute Gasteiger partial charge is 0.347 e. The van der Waals surface area contributed by atoms with Crippen molar-refractivity contribution in [3.63, 3.8) is 0 Å². The molecule has 0 bridgehead atoms. The molecule has 20 heavy (non-hydrogen) atoms. The zero-order valence-corrected chi connectivity index (χ0v) is 10.7. The SMILES string of the molecule is COc1ccc(C(=O)Oc2ccc(C#N)cc2)c(O)c1. The highest BCUT2D eigenvalue weighted by atomic mass is 16.5. The molecule has 0 spiro atoms. The van der Waals surface area contributed by atoms with Crippen molar-refractivity contribution in [2.75, 3.05) is 7.11 Å². The Labute approximate surface area is 115 Å². The fourth-order valence-corrected chi connectivity index (χ4v) is 1.57. The van der Waals surface area contributed by atoms with Gasteiger partial charge < -0.3 is 14.6 Å². The third-order valence-corrected chi connectivity index (χ3v) is 2.62. The molecule has 2 aromatic carbocycles. The molecule has 2 aromatic rings. The number of carbonyl (C=O) groups is 1. The number of benzene rings is 2. The summed E-state index contributed by atoms with van der Waals surface area (Å²) in [6.45, 7) is 0. The lowest BCUT2D eigenvalue weighted by Gasteiger charge is -2.07. The minimum absolute atomic E-state index is 0.0372. The van der Waals surface area contributed by atoms with Crippen molar-refractivity contribution in [1.82, 2.24) is 0 Å². The molecule has 0 saturated heterocycles. The molecule has 0 aliphatic carbocycles. The van der Waals surface area contributed by atoms with Gasteiger partial charge in [0.1, 0.15) is 22.8 Å². The van der Waals surface area contributed by atoms with Crippen molar-refractivity contribution >= 4 is 5.97 Å². The summed E-state index contributed by atoms with van der Waals surface area (Å²) in [6.07, 6.45) is 0. The first-order valence-corrected chi connectivity index (χ1v) is 5.73. The van der Waals surface area contributed by atoms with Gasteiger partial charge in [0.2, 0.25) is 0 Å². The van der Waals surface area contributed by atoms with Crippen LogP contribution in [0.2, 0.25) is 0 Å². The lowest BCUT2D eigenvalue weighted by molar-refractivity contribution is 0.0731. The van der Waals surface area contributed by atoms with Crippen LogP contribution in [0.1, 0.15) is 15.9 Å². The standard InChI is InChI=1S/C15H11NO4/c1-19-12-6-7-13(14(17)8-12)15(18)20-11-4-2-10(9-16)3-5-11/h2-8,17H,1H3. The van der Waals surface area contributed by atoms with Gasteiger partial charge in [0.05, 0.1) is 18.7 Å². The van der Waals surface area contributed by atoms with E-state index in [1.807, 2.05) is 6.07 Å². The number of phenols is 1. The molecular formula is C15H11NO4. The molecule has 0 aliphatic heterocycles. The first kappa shape index (κ1) is 13.4. The molecule has 5 nitrogen and oxygen atoms in total. The zero-order chi connectivity index (χ0) is 14.5. The quantitative estimate of drug-likeness (QED) is 0.684. The average molecular weight is 269 g/mol. The monoisotopic (exact) mass is 269 g/mol. The Morgan fingerprint density at radius 3 is 2.35 bits per heavy atom. The second-order valence-electron chi connectivity index (χ2n) is 3.91. The van der Waals surface area contributed by atoms with Crippen LogP contribution < -0.4 is 9.47 Å². The van der Waals surface area contributed by atoms with Crippen molar-refractivity contribution in [3.8, 4) is 23.3 Å². The van der Waals surface area contributed by atoms with Crippen molar-refractivity contribution in [1.29, 1.82) is 5.26 Å². The maximum Gasteiger partial charge on any atom is 0.347 e. The molecule has 100 valence electrons. The highest BCUT2D eigenvalue weighted by molar-refractivity contribution is 5.94. The van der Waals surface area contributed by atoms with Gasteiger partial charge in [0.15, 0.2) is 0 Å². The minimum Gasteiger partial charge on any atom is -0.507 e. The molecule has 1 N–H and O–H groups in total. The van der Waals surface area contributed by atoms with Gasteiger partial charge in [-0.15, -0.1) is 0 Å². The van der Waals surface area contributed by atoms with E-state index in [2.05, 4.69) is 0 Å². The second-order valence-corrected chi connectivity index (χ2v) is 3.91. The number of methoxy groups -OCH3 is 1. The highest BCUT2D eigenvalue weighted by Gasteiger charge is 2.14. The van der Waals surface area contributed by atoms with Crippen LogP contribution in [-0.2, 0) is 0 Å². The third-order valence-electron chi connectivity index (χ3n) is 2.62. The summed E-state index contributed by atoms with van der Waals surface area (Å²) in [5.74, 6) is -0.167. The number of nitrogens with zero attached hydrogens (tertiary/aromatic N) is 1. The summed E-state index contributed by atoms with van der Waals surface area (Å²) in [6, 6.07) is 12.4. The molecule has 0 saturated carbocycles. The van der Waals surface area contributed by atoms with E-state index in [1.165, 1.54) is 43.5 Å². The number of nitriles is 1. The lowest BCUT2D eigenvalue weighted by Crippen LogP contribution is -2.08. The van der Waals surface area contributed by atoms with Crippen molar-refractivity contribution in [2.45, 2.75) is 0 Å². The van der Waals surface area contributed by atoms with E-state index in [4.69, 9.17) is 14.7 Å². The van der Waals surface area contributed by atoms with E-state index in [9.17, 15) is 9.90 Å². The Morgan fingerprint density at radius 2 is 1.80 bits per heavy atom. The van der Waals surface area contributed by atoms with Gasteiger partial charge in [0.25, 0.3) is 0 Å². The predicted octanol–water partition coefficient (Wildman–Crippen LogP) is 2.49. The van der Waals surface area contributed by atoms with E-state index in [1.54, 1.807) is 6.07 Å². The number of carbonyl (C=O) groups excluding carboxylic acids is 1. The Bertz CT molecular complexity index is 671. The fraction of sp³-hybridized carbons (Fsp3) is 0.0667.